The fourth-order valence-electron chi connectivity index (χ4n) is 4.37. The number of nitrogens with zero attached hydrogens (tertiary/aromatic N) is 4. The Morgan fingerprint density at radius 2 is 1.90 bits per heavy atom. The minimum absolute atomic E-state index is 0.344. The van der Waals surface area contributed by atoms with E-state index in [1.54, 1.807) is 0 Å². The highest BCUT2D eigenvalue weighted by atomic mass is 35.5. The molecule has 7 nitrogen and oxygen atoms in total. The van der Waals surface area contributed by atoms with Crippen LogP contribution in [0.3, 0.4) is 0 Å². The fourth-order valence-corrected chi connectivity index (χ4v) is 4.50. The van der Waals surface area contributed by atoms with Crippen LogP contribution >= 0.6 is 11.6 Å². The highest BCUT2D eigenvalue weighted by Crippen LogP contribution is 2.26. The largest absolute Gasteiger partial charge is 0.357 e. The van der Waals surface area contributed by atoms with Crippen molar-refractivity contribution in [3.8, 4) is 11.4 Å². The predicted molar refractivity (Wildman–Crippen MR) is 120 cm³/mol. The predicted octanol–water partition coefficient (Wildman–Crippen LogP) is 3.85. The molecular weight excluding hydrogens is 400 g/mol. The van der Waals surface area contributed by atoms with Crippen LogP contribution in [-0.2, 0) is 6.54 Å². The summed E-state index contributed by atoms with van der Waals surface area (Å²) in [7, 11) is 0. The molecule has 30 heavy (non-hydrogen) atoms. The molecule has 2 aromatic rings. The average molecular weight is 431 g/mol. The van der Waals surface area contributed by atoms with Gasteiger partial charge in [0.2, 0.25) is 11.7 Å². The molecule has 2 aliphatic rings. The van der Waals surface area contributed by atoms with Gasteiger partial charge in [0.25, 0.3) is 0 Å². The molecule has 1 aliphatic heterocycles. The quantitative estimate of drug-likeness (QED) is 0.535. The number of halogens is 1. The first-order valence-corrected chi connectivity index (χ1v) is 11.5. The molecule has 162 valence electrons. The lowest BCUT2D eigenvalue weighted by Gasteiger charge is -2.36. The molecule has 1 saturated heterocycles. The maximum Gasteiger partial charge on any atom is 0.248 e. The van der Waals surface area contributed by atoms with E-state index in [0.717, 1.165) is 37.0 Å². The van der Waals surface area contributed by atoms with Gasteiger partial charge in [-0.25, -0.2) is 4.99 Å². The zero-order valence-corrected chi connectivity index (χ0v) is 18.4. The van der Waals surface area contributed by atoms with Gasteiger partial charge < -0.3 is 20.1 Å². The number of guanidine groups is 1. The van der Waals surface area contributed by atoms with E-state index in [4.69, 9.17) is 16.1 Å². The van der Waals surface area contributed by atoms with E-state index in [1.165, 1.54) is 38.8 Å². The minimum Gasteiger partial charge on any atom is -0.357 e. The van der Waals surface area contributed by atoms with Crippen molar-refractivity contribution in [1.29, 1.82) is 0 Å². The molecule has 1 aliphatic carbocycles. The molecule has 1 saturated carbocycles. The van der Waals surface area contributed by atoms with Crippen molar-refractivity contribution in [2.75, 3.05) is 19.6 Å². The summed E-state index contributed by atoms with van der Waals surface area (Å²) < 4.78 is 5.38. The van der Waals surface area contributed by atoms with Gasteiger partial charge in [-0.15, -0.1) is 0 Å². The second-order valence-electron chi connectivity index (χ2n) is 8.11. The van der Waals surface area contributed by atoms with Crippen LogP contribution < -0.4 is 10.6 Å². The summed E-state index contributed by atoms with van der Waals surface area (Å²) in [5, 5.41) is 11.7. The van der Waals surface area contributed by atoms with Gasteiger partial charge in [0.05, 0.1) is 0 Å². The van der Waals surface area contributed by atoms with Crippen LogP contribution in [0.5, 0.6) is 0 Å². The average Bonchev–Trinajstić information content (AvgIpc) is 3.46. The van der Waals surface area contributed by atoms with E-state index in [9.17, 15) is 0 Å². The summed E-state index contributed by atoms with van der Waals surface area (Å²) in [5.74, 6) is 1.85. The molecule has 2 N–H and O–H groups in total. The third kappa shape index (κ3) is 5.52. The third-order valence-electron chi connectivity index (χ3n) is 6.00. The summed E-state index contributed by atoms with van der Waals surface area (Å²) in [4.78, 5) is 11.8. The van der Waals surface area contributed by atoms with Crippen molar-refractivity contribution < 1.29 is 4.52 Å². The number of hydrogen-bond donors (Lipinski definition) is 2. The van der Waals surface area contributed by atoms with Gasteiger partial charge in [-0.2, -0.15) is 4.98 Å². The van der Waals surface area contributed by atoms with Crippen LogP contribution in [0, 0.1) is 0 Å². The summed E-state index contributed by atoms with van der Waals surface area (Å²) >= 11 is 5.94. The van der Waals surface area contributed by atoms with Gasteiger partial charge in [-0.05, 0) is 56.9 Å². The Hall–Kier alpha value is -2.12. The summed E-state index contributed by atoms with van der Waals surface area (Å²) in [6.07, 6.45) is 7.87. The Morgan fingerprint density at radius 3 is 2.60 bits per heavy atom. The number of likely N-dealkylation sites (tertiary alicyclic amines) is 1. The van der Waals surface area contributed by atoms with Crippen LogP contribution in [0.2, 0.25) is 5.02 Å². The Bertz CT molecular complexity index is 822. The van der Waals surface area contributed by atoms with Gasteiger partial charge >= 0.3 is 0 Å². The minimum atomic E-state index is 0.344. The van der Waals surface area contributed by atoms with Crippen LogP contribution in [0.1, 0.15) is 51.3 Å². The van der Waals surface area contributed by atoms with Gasteiger partial charge in [0.1, 0.15) is 6.54 Å². The van der Waals surface area contributed by atoms with Crippen molar-refractivity contribution in [1.82, 2.24) is 25.7 Å². The molecular formula is C22H31ClN6O. The van der Waals surface area contributed by atoms with Crippen molar-refractivity contribution >= 4 is 17.6 Å². The van der Waals surface area contributed by atoms with E-state index < -0.39 is 0 Å². The second-order valence-corrected chi connectivity index (χ2v) is 8.54. The van der Waals surface area contributed by atoms with E-state index in [-0.39, 0.29) is 0 Å². The standard InChI is InChI=1S/C22H31ClN6O/c1-2-24-22(26-18-11-13-29(14-12-18)19-5-3-4-6-19)25-15-20-27-21(28-30-20)16-7-9-17(23)10-8-16/h7-10,18-19H,2-6,11-15H2,1H3,(H2,24,25,26). The molecule has 0 radical (unpaired) electrons. The Morgan fingerprint density at radius 1 is 1.17 bits per heavy atom. The molecule has 2 heterocycles. The zero-order chi connectivity index (χ0) is 20.8. The molecule has 2 fully saturated rings. The van der Waals surface area contributed by atoms with Gasteiger partial charge in [0, 0.05) is 42.3 Å². The smallest absolute Gasteiger partial charge is 0.248 e. The Labute approximate surface area is 183 Å². The SMILES string of the molecule is CCNC(=NCc1nc(-c2ccc(Cl)cc2)no1)NC1CCN(C2CCCC2)CC1. The lowest BCUT2D eigenvalue weighted by molar-refractivity contribution is 0.150. The molecule has 0 unspecified atom stereocenters. The number of benzene rings is 1. The van der Waals surface area contributed by atoms with Crippen LogP contribution in [0.15, 0.2) is 33.8 Å². The van der Waals surface area contributed by atoms with E-state index >= 15 is 0 Å². The van der Waals surface area contributed by atoms with Gasteiger partial charge in [-0.1, -0.05) is 29.6 Å². The van der Waals surface area contributed by atoms with Crippen LogP contribution in [0.25, 0.3) is 11.4 Å². The molecule has 0 spiro atoms. The highest BCUT2D eigenvalue weighted by Gasteiger charge is 2.27. The summed E-state index contributed by atoms with van der Waals surface area (Å²) in [6.45, 7) is 5.58. The van der Waals surface area contributed by atoms with E-state index in [1.807, 2.05) is 24.3 Å². The maximum atomic E-state index is 5.94. The highest BCUT2D eigenvalue weighted by molar-refractivity contribution is 6.30. The number of aliphatic imine (C=N–C) groups is 1. The molecule has 0 amide bonds. The number of nitrogens with one attached hydrogen (secondary N) is 2. The monoisotopic (exact) mass is 430 g/mol. The summed E-state index contributed by atoms with van der Waals surface area (Å²) in [5.41, 5.74) is 0.873. The number of rotatable bonds is 6. The Kier molecular flexibility index (Phi) is 7.23. The van der Waals surface area contributed by atoms with Crippen molar-refractivity contribution in [3.63, 3.8) is 0 Å². The van der Waals surface area contributed by atoms with Gasteiger partial charge in [-0.3, -0.25) is 0 Å². The second kappa shape index (κ2) is 10.3. The topological polar surface area (TPSA) is 78.6 Å². The molecule has 0 atom stereocenters. The van der Waals surface area contributed by atoms with E-state index in [0.29, 0.717) is 29.3 Å². The Balaban J connectivity index is 1.31. The van der Waals surface area contributed by atoms with Crippen molar-refractivity contribution in [2.45, 2.75) is 64.1 Å². The van der Waals surface area contributed by atoms with Crippen molar-refractivity contribution in [3.05, 3.63) is 35.2 Å². The molecule has 8 heteroatoms. The van der Waals surface area contributed by atoms with E-state index in [2.05, 4.69) is 37.6 Å². The number of aromatic nitrogens is 2. The summed E-state index contributed by atoms with van der Waals surface area (Å²) in [6, 6.07) is 8.66. The first kappa shape index (κ1) is 21.1. The van der Waals surface area contributed by atoms with Gasteiger partial charge in [0.15, 0.2) is 5.96 Å². The lowest BCUT2D eigenvalue weighted by Crippen LogP contribution is -2.50. The number of piperidine rings is 1. The maximum absolute atomic E-state index is 5.94. The number of hydrogen-bond acceptors (Lipinski definition) is 5. The molecule has 4 rings (SSSR count). The first-order valence-electron chi connectivity index (χ1n) is 11.1. The first-order chi connectivity index (χ1) is 14.7. The molecule has 0 bridgehead atoms. The molecule has 1 aromatic heterocycles. The molecule has 1 aromatic carbocycles. The zero-order valence-electron chi connectivity index (χ0n) is 17.6. The van der Waals surface area contributed by atoms with Crippen LogP contribution in [0.4, 0.5) is 0 Å². The third-order valence-corrected chi connectivity index (χ3v) is 6.25. The normalized spacial score (nSPS) is 19.3. The lowest BCUT2D eigenvalue weighted by atomic mass is 10.0. The fraction of sp³-hybridized carbons (Fsp3) is 0.591. The van der Waals surface area contributed by atoms with Crippen molar-refractivity contribution in [2.24, 2.45) is 4.99 Å². The van der Waals surface area contributed by atoms with Crippen LogP contribution in [-0.4, -0.2) is 52.7 Å².